The summed E-state index contributed by atoms with van der Waals surface area (Å²) in [7, 11) is 0. The Morgan fingerprint density at radius 1 is 1.75 bits per heavy atom. The lowest BCUT2D eigenvalue weighted by Gasteiger charge is -2.16. The zero-order chi connectivity index (χ0) is 5.82. The molecule has 0 aromatic carbocycles. The second-order valence-corrected chi connectivity index (χ2v) is 3.24. The van der Waals surface area contributed by atoms with Crippen LogP contribution in [0.5, 0.6) is 0 Å². The van der Waals surface area contributed by atoms with Crippen LogP contribution in [0.2, 0.25) is 0 Å². The first kappa shape index (κ1) is 6.52. The number of thiocarbonyl (C=S) groups is 1. The molecule has 0 aromatic rings. The van der Waals surface area contributed by atoms with Crippen molar-refractivity contribution < 1.29 is 4.74 Å². The first-order chi connectivity index (χ1) is 3.93. The van der Waals surface area contributed by atoms with Crippen LogP contribution < -0.4 is 0 Å². The van der Waals surface area contributed by atoms with E-state index < -0.39 is 0 Å². The van der Waals surface area contributed by atoms with Gasteiger partial charge in [0.25, 0.3) is 0 Å². The van der Waals surface area contributed by atoms with Crippen LogP contribution in [-0.2, 0) is 4.74 Å². The van der Waals surface area contributed by atoms with Crippen molar-refractivity contribution in [3.05, 3.63) is 0 Å². The van der Waals surface area contributed by atoms with Crippen LogP contribution in [0.15, 0.2) is 0 Å². The predicted molar refractivity (Wildman–Crippen MR) is 40.7 cm³/mol. The molecule has 0 radical (unpaired) electrons. The minimum atomic E-state index is 0.471. The van der Waals surface area contributed by atoms with Gasteiger partial charge in [0.1, 0.15) is 0 Å². The molecule has 46 valence electrons. The van der Waals surface area contributed by atoms with Gasteiger partial charge in [-0.25, -0.2) is 0 Å². The number of ether oxygens (including phenoxy) is 1. The maximum absolute atomic E-state index is 5.15. The van der Waals surface area contributed by atoms with Crippen molar-refractivity contribution in [1.82, 2.24) is 0 Å². The van der Waals surface area contributed by atoms with Crippen molar-refractivity contribution in [1.29, 1.82) is 0 Å². The van der Waals surface area contributed by atoms with E-state index in [-0.39, 0.29) is 0 Å². The van der Waals surface area contributed by atoms with Gasteiger partial charge in [-0.15, -0.1) is 11.8 Å². The van der Waals surface area contributed by atoms with Crippen LogP contribution in [-0.4, -0.2) is 29.6 Å². The Bertz CT molecular complexity index is 78.5. The van der Waals surface area contributed by atoms with Crippen molar-refractivity contribution in [3.8, 4) is 0 Å². The molecule has 1 aliphatic heterocycles. The van der Waals surface area contributed by atoms with Crippen LogP contribution in [0.25, 0.3) is 0 Å². The molecule has 0 aromatic heterocycles. The van der Waals surface area contributed by atoms with Crippen LogP contribution in [0.3, 0.4) is 0 Å². The van der Waals surface area contributed by atoms with E-state index in [1.165, 1.54) is 0 Å². The van der Waals surface area contributed by atoms with Gasteiger partial charge < -0.3 is 4.74 Å². The Hall–Kier alpha value is 0.400. The standard InChI is InChI=1S/C5H8OS2/c7-4-5-3-6-1-2-8-5/h4-5H,1-3H2. The van der Waals surface area contributed by atoms with Crippen molar-refractivity contribution in [2.75, 3.05) is 19.0 Å². The second kappa shape index (κ2) is 3.43. The van der Waals surface area contributed by atoms with Gasteiger partial charge in [0, 0.05) is 5.75 Å². The van der Waals surface area contributed by atoms with Crippen molar-refractivity contribution in [2.24, 2.45) is 0 Å². The van der Waals surface area contributed by atoms with E-state index in [0.717, 1.165) is 19.0 Å². The summed E-state index contributed by atoms with van der Waals surface area (Å²) in [5, 5.41) is 2.25. The fourth-order valence-electron chi connectivity index (χ4n) is 0.585. The topological polar surface area (TPSA) is 9.23 Å². The summed E-state index contributed by atoms with van der Waals surface area (Å²) in [6.45, 7) is 1.71. The molecule has 0 N–H and O–H groups in total. The van der Waals surface area contributed by atoms with E-state index in [2.05, 4.69) is 0 Å². The normalized spacial score (nSPS) is 29.8. The summed E-state index contributed by atoms with van der Waals surface area (Å²) in [4.78, 5) is 0. The van der Waals surface area contributed by atoms with Crippen LogP contribution in [0.1, 0.15) is 0 Å². The highest BCUT2D eigenvalue weighted by molar-refractivity contribution is 8.01. The quantitative estimate of drug-likeness (QED) is 0.516. The predicted octanol–water partition coefficient (Wildman–Crippen LogP) is 1.12. The molecule has 1 aliphatic rings. The highest BCUT2D eigenvalue weighted by Crippen LogP contribution is 2.13. The smallest absolute Gasteiger partial charge is 0.0628 e. The van der Waals surface area contributed by atoms with E-state index in [4.69, 9.17) is 17.0 Å². The molecule has 0 amide bonds. The lowest BCUT2D eigenvalue weighted by molar-refractivity contribution is 0.154. The Morgan fingerprint density at radius 3 is 3.00 bits per heavy atom. The molecule has 1 nitrogen and oxygen atoms in total. The molecule has 0 spiro atoms. The van der Waals surface area contributed by atoms with Gasteiger partial charge in [-0.2, -0.15) is 0 Å². The summed E-state index contributed by atoms with van der Waals surface area (Å²) in [6.07, 6.45) is 0. The fourth-order valence-corrected chi connectivity index (χ4v) is 1.69. The molecular formula is C5H8OS2. The first-order valence-corrected chi connectivity index (χ1v) is 4.10. The molecule has 0 bridgehead atoms. The summed E-state index contributed by atoms with van der Waals surface area (Å²) in [5.74, 6) is 1.10. The van der Waals surface area contributed by atoms with Gasteiger partial charge in [0.15, 0.2) is 0 Å². The molecule has 1 saturated heterocycles. The molecule has 0 saturated carbocycles. The molecule has 1 unspecified atom stereocenters. The molecule has 1 rings (SSSR count). The maximum Gasteiger partial charge on any atom is 0.0628 e. The Morgan fingerprint density at radius 2 is 2.62 bits per heavy atom. The van der Waals surface area contributed by atoms with E-state index in [0.29, 0.717) is 5.25 Å². The molecule has 3 heteroatoms. The summed E-state index contributed by atoms with van der Waals surface area (Å²) in [6, 6.07) is 0. The zero-order valence-corrected chi connectivity index (χ0v) is 6.13. The maximum atomic E-state index is 5.15. The van der Waals surface area contributed by atoms with Crippen molar-refractivity contribution in [3.63, 3.8) is 0 Å². The van der Waals surface area contributed by atoms with Crippen molar-refractivity contribution >= 4 is 29.3 Å². The highest BCUT2D eigenvalue weighted by Gasteiger charge is 2.09. The van der Waals surface area contributed by atoms with E-state index in [9.17, 15) is 0 Å². The molecular weight excluding hydrogens is 140 g/mol. The molecule has 0 aliphatic carbocycles. The Balaban J connectivity index is 2.22. The second-order valence-electron chi connectivity index (χ2n) is 1.62. The third-order valence-corrected chi connectivity index (χ3v) is 2.60. The number of rotatable bonds is 1. The largest absolute Gasteiger partial charge is 0.379 e. The minimum absolute atomic E-state index is 0.471. The van der Waals surface area contributed by atoms with E-state index in [1.807, 2.05) is 11.8 Å². The monoisotopic (exact) mass is 148 g/mol. The summed E-state index contributed by atoms with van der Waals surface area (Å²) >= 11 is 6.62. The average molecular weight is 148 g/mol. The van der Waals surface area contributed by atoms with Gasteiger partial charge in [0.05, 0.1) is 18.5 Å². The van der Waals surface area contributed by atoms with Gasteiger partial charge in [0.2, 0.25) is 0 Å². The van der Waals surface area contributed by atoms with Crippen LogP contribution in [0.4, 0.5) is 0 Å². The summed E-state index contributed by atoms with van der Waals surface area (Å²) < 4.78 is 5.15. The van der Waals surface area contributed by atoms with Crippen molar-refractivity contribution in [2.45, 2.75) is 5.25 Å². The minimum Gasteiger partial charge on any atom is -0.379 e. The van der Waals surface area contributed by atoms with E-state index >= 15 is 0 Å². The first-order valence-electron chi connectivity index (χ1n) is 2.58. The lowest BCUT2D eigenvalue weighted by Crippen LogP contribution is -2.20. The number of hydrogen-bond acceptors (Lipinski definition) is 3. The highest BCUT2D eigenvalue weighted by atomic mass is 32.2. The molecule has 1 heterocycles. The summed E-state index contributed by atoms with van der Waals surface area (Å²) in [5.41, 5.74) is 0. The van der Waals surface area contributed by atoms with E-state index in [1.54, 1.807) is 5.37 Å². The third-order valence-electron chi connectivity index (χ3n) is 0.993. The fraction of sp³-hybridized carbons (Fsp3) is 0.800. The SMILES string of the molecule is S=CC1COCCS1. The van der Waals surface area contributed by atoms with Crippen LogP contribution in [0, 0.1) is 0 Å². The molecule has 1 atom stereocenters. The van der Waals surface area contributed by atoms with Crippen LogP contribution >= 0.6 is 24.0 Å². The zero-order valence-electron chi connectivity index (χ0n) is 4.50. The number of thioether (sulfide) groups is 1. The van der Waals surface area contributed by atoms with Gasteiger partial charge >= 0.3 is 0 Å². The number of hydrogen-bond donors (Lipinski definition) is 0. The van der Waals surface area contributed by atoms with Gasteiger partial charge in [-0.1, -0.05) is 12.2 Å². The lowest BCUT2D eigenvalue weighted by atomic mass is 10.5. The third kappa shape index (κ3) is 1.73. The average Bonchev–Trinajstić information content (AvgIpc) is 1.90. The van der Waals surface area contributed by atoms with Gasteiger partial charge in [-0.05, 0) is 5.37 Å². The Kier molecular flexibility index (Phi) is 2.80. The Labute approximate surface area is 58.8 Å². The molecule has 8 heavy (non-hydrogen) atoms. The van der Waals surface area contributed by atoms with Gasteiger partial charge in [-0.3, -0.25) is 0 Å². The molecule has 1 fully saturated rings.